The Morgan fingerprint density at radius 1 is 1.14 bits per heavy atom. The molecule has 7 nitrogen and oxygen atoms in total. The molecule has 28 heavy (non-hydrogen) atoms. The van der Waals surface area contributed by atoms with Crippen molar-refractivity contribution in [3.05, 3.63) is 70.3 Å². The van der Waals surface area contributed by atoms with Crippen LogP contribution >= 0.6 is 15.9 Å². The third kappa shape index (κ3) is 5.82. The first-order chi connectivity index (χ1) is 13.5. The molecule has 3 rings (SSSR count). The molecule has 146 valence electrons. The summed E-state index contributed by atoms with van der Waals surface area (Å²) < 4.78 is 7.49. The Balaban J connectivity index is 1.40. The van der Waals surface area contributed by atoms with E-state index in [0.29, 0.717) is 23.3 Å². The Labute approximate surface area is 171 Å². The number of furan rings is 1. The number of carbonyl (C=O) groups is 2. The van der Waals surface area contributed by atoms with E-state index in [0.717, 1.165) is 24.0 Å². The minimum atomic E-state index is -0.329. The number of nitrogens with zero attached hydrogens (tertiary/aromatic N) is 2. The number of hydrogen-bond acceptors (Lipinski definition) is 4. The van der Waals surface area contributed by atoms with Crippen LogP contribution in [0.15, 0.2) is 57.9 Å². The van der Waals surface area contributed by atoms with Gasteiger partial charge in [0.15, 0.2) is 10.4 Å². The van der Waals surface area contributed by atoms with Crippen LogP contribution in [0.2, 0.25) is 0 Å². The van der Waals surface area contributed by atoms with Crippen LogP contribution in [0.25, 0.3) is 0 Å². The van der Waals surface area contributed by atoms with E-state index in [1.54, 1.807) is 28.9 Å². The van der Waals surface area contributed by atoms with Crippen LogP contribution in [0.1, 0.15) is 28.1 Å². The van der Waals surface area contributed by atoms with Gasteiger partial charge >= 0.3 is 0 Å². The molecule has 2 aromatic heterocycles. The average molecular weight is 445 g/mol. The molecule has 2 heterocycles. The largest absolute Gasteiger partial charge is 0.444 e. The Morgan fingerprint density at radius 2 is 1.93 bits per heavy atom. The third-order valence-corrected chi connectivity index (χ3v) is 4.52. The number of rotatable bonds is 8. The lowest BCUT2D eigenvalue weighted by molar-refractivity contribution is -0.120. The lowest BCUT2D eigenvalue weighted by Crippen LogP contribution is -2.26. The molecule has 0 aliphatic rings. The molecular weight excluding hydrogens is 424 g/mol. The van der Waals surface area contributed by atoms with E-state index >= 15 is 0 Å². The average Bonchev–Trinajstić information content (AvgIpc) is 3.29. The van der Waals surface area contributed by atoms with Gasteiger partial charge in [-0.3, -0.25) is 14.3 Å². The van der Waals surface area contributed by atoms with Crippen molar-refractivity contribution in [2.45, 2.75) is 19.3 Å². The predicted octanol–water partition coefficient (Wildman–Crippen LogP) is 3.32. The van der Waals surface area contributed by atoms with Crippen molar-refractivity contribution < 1.29 is 14.0 Å². The summed E-state index contributed by atoms with van der Waals surface area (Å²) in [6.45, 7) is 0.626. The van der Waals surface area contributed by atoms with E-state index < -0.39 is 0 Å². The number of halogens is 1. The van der Waals surface area contributed by atoms with Crippen LogP contribution < -0.4 is 10.6 Å². The number of nitrogens with one attached hydrogen (secondary N) is 2. The van der Waals surface area contributed by atoms with Gasteiger partial charge in [-0.15, -0.1) is 0 Å². The highest BCUT2D eigenvalue weighted by atomic mass is 79.9. The molecule has 0 spiro atoms. The quantitative estimate of drug-likeness (QED) is 0.521. The van der Waals surface area contributed by atoms with Crippen molar-refractivity contribution in [2.24, 2.45) is 7.05 Å². The van der Waals surface area contributed by atoms with Gasteiger partial charge in [-0.2, -0.15) is 5.10 Å². The molecule has 0 unspecified atom stereocenters. The summed E-state index contributed by atoms with van der Waals surface area (Å²) >= 11 is 3.17. The lowest BCUT2D eigenvalue weighted by atomic mass is 10.1. The third-order valence-electron chi connectivity index (χ3n) is 4.10. The molecule has 0 bridgehead atoms. The molecule has 2 amide bonds. The van der Waals surface area contributed by atoms with E-state index in [-0.39, 0.29) is 17.6 Å². The second-order valence-electron chi connectivity index (χ2n) is 6.41. The topological polar surface area (TPSA) is 89.2 Å². The molecule has 0 saturated heterocycles. The summed E-state index contributed by atoms with van der Waals surface area (Å²) in [7, 11) is 1.89. The van der Waals surface area contributed by atoms with Crippen molar-refractivity contribution in [3.8, 4) is 0 Å². The summed E-state index contributed by atoms with van der Waals surface area (Å²) in [4.78, 5) is 24.1. The first-order valence-corrected chi connectivity index (χ1v) is 9.69. The van der Waals surface area contributed by atoms with Gasteiger partial charge in [0.2, 0.25) is 5.91 Å². The maximum absolute atomic E-state index is 12.1. The Morgan fingerprint density at radius 3 is 2.57 bits per heavy atom. The number of amides is 2. The number of aryl methyl sites for hydroxylation is 2. The van der Waals surface area contributed by atoms with E-state index in [2.05, 4.69) is 31.7 Å². The minimum absolute atomic E-state index is 0.0246. The Hall–Kier alpha value is -2.87. The maximum atomic E-state index is 12.1. The van der Waals surface area contributed by atoms with Crippen molar-refractivity contribution in [3.63, 3.8) is 0 Å². The second-order valence-corrected chi connectivity index (χ2v) is 7.19. The highest BCUT2D eigenvalue weighted by Gasteiger charge is 2.11. The van der Waals surface area contributed by atoms with Crippen LogP contribution in [0.5, 0.6) is 0 Å². The fourth-order valence-corrected chi connectivity index (χ4v) is 3.01. The summed E-state index contributed by atoms with van der Waals surface area (Å²) in [5.74, 6) is -0.130. The van der Waals surface area contributed by atoms with Crippen LogP contribution in [0, 0.1) is 0 Å². The molecule has 0 saturated carbocycles. The molecule has 0 aliphatic carbocycles. The number of hydrogen-bond donors (Lipinski definition) is 2. The smallest absolute Gasteiger partial charge is 0.291 e. The standard InChI is InChI=1S/C20H21BrN4O3/c1-25-13-15(12-23-25)3-2-10-22-19(26)11-14-4-6-16(7-5-14)24-20(27)17-8-9-18(21)28-17/h4-9,12-13H,2-3,10-11H2,1H3,(H,22,26)(H,24,27). The number of carbonyl (C=O) groups excluding carboxylic acids is 2. The summed E-state index contributed by atoms with van der Waals surface area (Å²) in [6.07, 6.45) is 5.87. The van der Waals surface area contributed by atoms with Crippen molar-refractivity contribution in [1.82, 2.24) is 15.1 Å². The van der Waals surface area contributed by atoms with Crippen molar-refractivity contribution >= 4 is 33.4 Å². The van der Waals surface area contributed by atoms with Crippen LogP contribution in [0.3, 0.4) is 0 Å². The molecule has 1 aromatic carbocycles. The predicted molar refractivity (Wildman–Crippen MR) is 109 cm³/mol. The first kappa shape index (κ1) is 19.9. The maximum Gasteiger partial charge on any atom is 0.291 e. The summed E-state index contributed by atoms with van der Waals surface area (Å²) in [5.41, 5.74) is 2.68. The van der Waals surface area contributed by atoms with Gasteiger partial charge in [0.05, 0.1) is 12.6 Å². The minimum Gasteiger partial charge on any atom is -0.444 e. The zero-order chi connectivity index (χ0) is 19.9. The highest BCUT2D eigenvalue weighted by molar-refractivity contribution is 9.10. The van der Waals surface area contributed by atoms with Gasteiger partial charge in [-0.25, -0.2) is 0 Å². The number of benzene rings is 1. The van der Waals surface area contributed by atoms with Gasteiger partial charge in [-0.1, -0.05) is 12.1 Å². The van der Waals surface area contributed by atoms with Gasteiger partial charge in [-0.05, 0) is 64.2 Å². The van der Waals surface area contributed by atoms with Gasteiger partial charge < -0.3 is 15.1 Å². The lowest BCUT2D eigenvalue weighted by Gasteiger charge is -2.07. The molecule has 0 atom stereocenters. The molecule has 0 fully saturated rings. The Kier molecular flexibility index (Phi) is 6.65. The molecule has 2 N–H and O–H groups in total. The fraction of sp³-hybridized carbons (Fsp3) is 0.250. The normalized spacial score (nSPS) is 10.6. The molecule has 0 radical (unpaired) electrons. The molecule has 0 aliphatic heterocycles. The van der Waals surface area contributed by atoms with Crippen LogP contribution in [0.4, 0.5) is 5.69 Å². The fourth-order valence-electron chi connectivity index (χ4n) is 2.70. The SMILES string of the molecule is Cn1cc(CCCNC(=O)Cc2ccc(NC(=O)c3ccc(Br)o3)cc2)cn1. The monoisotopic (exact) mass is 444 g/mol. The summed E-state index contributed by atoms with van der Waals surface area (Å²) in [5, 5.41) is 9.80. The number of aromatic nitrogens is 2. The Bertz CT molecular complexity index is 947. The van der Waals surface area contributed by atoms with Crippen LogP contribution in [-0.4, -0.2) is 28.1 Å². The zero-order valence-electron chi connectivity index (χ0n) is 15.4. The summed E-state index contributed by atoms with van der Waals surface area (Å²) in [6, 6.07) is 10.4. The van der Waals surface area contributed by atoms with Gasteiger partial charge in [0.1, 0.15) is 0 Å². The van der Waals surface area contributed by atoms with E-state index in [4.69, 9.17) is 4.42 Å². The van der Waals surface area contributed by atoms with Crippen molar-refractivity contribution in [2.75, 3.05) is 11.9 Å². The van der Waals surface area contributed by atoms with E-state index in [1.165, 1.54) is 0 Å². The van der Waals surface area contributed by atoms with Crippen molar-refractivity contribution in [1.29, 1.82) is 0 Å². The molecule has 8 heteroatoms. The molecule has 3 aromatic rings. The second kappa shape index (κ2) is 9.36. The van der Waals surface area contributed by atoms with Gasteiger partial charge in [0, 0.05) is 25.5 Å². The molecular formula is C20H21BrN4O3. The zero-order valence-corrected chi connectivity index (χ0v) is 17.0. The first-order valence-electron chi connectivity index (χ1n) is 8.89. The van der Waals surface area contributed by atoms with E-state index in [9.17, 15) is 9.59 Å². The van der Waals surface area contributed by atoms with Gasteiger partial charge in [0.25, 0.3) is 5.91 Å². The highest BCUT2D eigenvalue weighted by Crippen LogP contribution is 2.16. The van der Waals surface area contributed by atoms with E-state index in [1.807, 2.05) is 31.6 Å². The number of anilines is 1. The van der Waals surface area contributed by atoms with Crippen LogP contribution in [-0.2, 0) is 24.7 Å².